The molecule has 0 aliphatic carbocycles. The van der Waals surface area contributed by atoms with E-state index in [1.807, 2.05) is 0 Å². The molecule has 0 atom stereocenters. The molecular weight excluding hydrogens is 232 g/mol. The van der Waals surface area contributed by atoms with E-state index in [-0.39, 0.29) is 11.1 Å². The van der Waals surface area contributed by atoms with Crippen molar-refractivity contribution in [3.8, 4) is 0 Å². The number of carbonyl (C=O) groups is 2. The molecule has 0 saturated carbocycles. The van der Waals surface area contributed by atoms with Crippen molar-refractivity contribution in [2.24, 2.45) is 0 Å². The quantitative estimate of drug-likeness (QED) is 0.642. The van der Waals surface area contributed by atoms with E-state index < -0.39 is 17.5 Å². The fourth-order valence-corrected chi connectivity index (χ4v) is 1.48. The summed E-state index contributed by atoms with van der Waals surface area (Å²) in [5, 5.41) is 8.84. The molecule has 0 aliphatic heterocycles. The number of rotatable bonds is 5. The number of carbonyl (C=O) groups excluding carboxylic acids is 1. The average Bonchev–Trinajstić information content (AvgIpc) is 2.28. The first-order valence-electron chi connectivity index (χ1n) is 5.53. The van der Waals surface area contributed by atoms with Crippen molar-refractivity contribution in [3.63, 3.8) is 0 Å². The lowest BCUT2D eigenvalue weighted by Gasteiger charge is -2.23. The van der Waals surface area contributed by atoms with Gasteiger partial charge in [-0.15, -0.1) is 6.58 Å². The second-order valence-electron chi connectivity index (χ2n) is 4.53. The van der Waals surface area contributed by atoms with E-state index in [1.54, 1.807) is 19.9 Å². The maximum Gasteiger partial charge on any atom is 0.338 e. The van der Waals surface area contributed by atoms with Gasteiger partial charge in [-0.2, -0.15) is 0 Å². The molecule has 1 aromatic rings. The highest BCUT2D eigenvalue weighted by Gasteiger charge is 2.22. The zero-order valence-corrected chi connectivity index (χ0v) is 10.5. The molecule has 0 spiro atoms. The van der Waals surface area contributed by atoms with E-state index in [2.05, 4.69) is 6.58 Å². The van der Waals surface area contributed by atoms with Crippen molar-refractivity contribution in [1.82, 2.24) is 0 Å². The van der Waals surface area contributed by atoms with Crippen LogP contribution in [0.4, 0.5) is 0 Å². The molecule has 0 fully saturated rings. The normalized spacial score (nSPS) is 10.8. The predicted octanol–water partition coefficient (Wildman–Crippen LogP) is 2.90. The van der Waals surface area contributed by atoms with E-state index >= 15 is 0 Å². The lowest BCUT2D eigenvalue weighted by atomic mass is 10.1. The minimum atomic E-state index is -1.07. The number of aromatic carboxylic acids is 1. The second-order valence-corrected chi connectivity index (χ2v) is 4.53. The van der Waals surface area contributed by atoms with Gasteiger partial charge in [-0.25, -0.2) is 9.59 Å². The average molecular weight is 248 g/mol. The van der Waals surface area contributed by atoms with Gasteiger partial charge in [-0.05, 0) is 32.0 Å². The highest BCUT2D eigenvalue weighted by molar-refractivity contribution is 5.94. The Labute approximate surface area is 106 Å². The lowest BCUT2D eigenvalue weighted by molar-refractivity contribution is 0.000460. The monoisotopic (exact) mass is 248 g/mol. The van der Waals surface area contributed by atoms with Crippen LogP contribution in [0.1, 0.15) is 41.0 Å². The van der Waals surface area contributed by atoms with Crippen LogP contribution in [-0.4, -0.2) is 22.6 Å². The molecular formula is C14H16O4. The minimum absolute atomic E-state index is 0.0611. The van der Waals surface area contributed by atoms with Gasteiger partial charge in [-0.3, -0.25) is 0 Å². The molecule has 0 radical (unpaired) electrons. The van der Waals surface area contributed by atoms with Crippen LogP contribution in [-0.2, 0) is 4.74 Å². The highest BCUT2D eigenvalue weighted by Crippen LogP contribution is 2.18. The Morgan fingerprint density at radius 2 is 2.00 bits per heavy atom. The van der Waals surface area contributed by atoms with E-state index in [0.29, 0.717) is 6.42 Å². The van der Waals surface area contributed by atoms with Crippen molar-refractivity contribution < 1.29 is 19.4 Å². The first kappa shape index (κ1) is 14.0. The summed E-state index contributed by atoms with van der Waals surface area (Å²) in [5.41, 5.74) is -0.365. The Kier molecular flexibility index (Phi) is 4.26. The summed E-state index contributed by atoms with van der Waals surface area (Å²) >= 11 is 0. The molecule has 96 valence electrons. The summed E-state index contributed by atoms with van der Waals surface area (Å²) in [7, 11) is 0. The van der Waals surface area contributed by atoms with Gasteiger partial charge in [-0.1, -0.05) is 12.1 Å². The third-order valence-electron chi connectivity index (χ3n) is 2.35. The molecule has 4 heteroatoms. The summed E-state index contributed by atoms with van der Waals surface area (Å²) in [6, 6.07) is 5.77. The summed E-state index contributed by atoms with van der Waals surface area (Å²) < 4.78 is 5.30. The van der Waals surface area contributed by atoms with Crippen molar-refractivity contribution in [1.29, 1.82) is 0 Å². The predicted molar refractivity (Wildman–Crippen MR) is 67.7 cm³/mol. The zero-order chi connectivity index (χ0) is 13.8. The van der Waals surface area contributed by atoms with Gasteiger partial charge in [0, 0.05) is 6.42 Å². The molecule has 18 heavy (non-hydrogen) atoms. The lowest BCUT2D eigenvalue weighted by Crippen LogP contribution is -2.27. The summed E-state index contributed by atoms with van der Waals surface area (Å²) in [6.07, 6.45) is 2.19. The summed E-state index contributed by atoms with van der Waals surface area (Å²) in [6.45, 7) is 7.14. The highest BCUT2D eigenvalue weighted by atomic mass is 16.6. The fourth-order valence-electron chi connectivity index (χ4n) is 1.48. The van der Waals surface area contributed by atoms with Crippen LogP contribution in [0.5, 0.6) is 0 Å². The molecule has 4 nitrogen and oxygen atoms in total. The van der Waals surface area contributed by atoms with Crippen molar-refractivity contribution in [2.45, 2.75) is 25.9 Å². The van der Waals surface area contributed by atoms with Crippen molar-refractivity contribution >= 4 is 11.9 Å². The number of hydrogen-bond acceptors (Lipinski definition) is 3. The van der Waals surface area contributed by atoms with E-state index in [1.165, 1.54) is 24.3 Å². The zero-order valence-electron chi connectivity index (χ0n) is 10.5. The van der Waals surface area contributed by atoms with Gasteiger partial charge >= 0.3 is 11.9 Å². The SMILES string of the molecule is C=CCC(C)(C)OC(=O)c1cccc(C(=O)O)c1. The van der Waals surface area contributed by atoms with Crippen LogP contribution in [0, 0.1) is 0 Å². The number of benzene rings is 1. The van der Waals surface area contributed by atoms with Gasteiger partial charge in [0.15, 0.2) is 0 Å². The van der Waals surface area contributed by atoms with Crippen LogP contribution < -0.4 is 0 Å². The number of carboxylic acids is 1. The Bertz CT molecular complexity index is 474. The third kappa shape index (κ3) is 3.73. The van der Waals surface area contributed by atoms with E-state index in [4.69, 9.17) is 9.84 Å². The van der Waals surface area contributed by atoms with Crippen LogP contribution in [0.2, 0.25) is 0 Å². The molecule has 0 saturated heterocycles. The number of hydrogen-bond donors (Lipinski definition) is 1. The maximum absolute atomic E-state index is 11.9. The Balaban J connectivity index is 2.88. The Morgan fingerprint density at radius 3 is 2.56 bits per heavy atom. The fraction of sp³-hybridized carbons (Fsp3) is 0.286. The molecule has 0 aliphatic rings. The van der Waals surface area contributed by atoms with Gasteiger partial charge in [0.05, 0.1) is 11.1 Å². The van der Waals surface area contributed by atoms with Crippen molar-refractivity contribution in [2.75, 3.05) is 0 Å². The molecule has 1 N–H and O–H groups in total. The summed E-state index contributed by atoms with van der Waals surface area (Å²) in [4.78, 5) is 22.7. The topological polar surface area (TPSA) is 63.6 Å². The third-order valence-corrected chi connectivity index (χ3v) is 2.35. The molecule has 0 amide bonds. The van der Waals surface area contributed by atoms with Gasteiger partial charge < -0.3 is 9.84 Å². The van der Waals surface area contributed by atoms with Crippen LogP contribution in [0.3, 0.4) is 0 Å². The number of esters is 1. The molecule has 0 heterocycles. The van der Waals surface area contributed by atoms with Gasteiger partial charge in [0.1, 0.15) is 5.60 Å². The first-order valence-corrected chi connectivity index (χ1v) is 5.53. The number of carboxylic acid groups (broad SMARTS) is 1. The van der Waals surface area contributed by atoms with Gasteiger partial charge in [0.25, 0.3) is 0 Å². The minimum Gasteiger partial charge on any atom is -0.478 e. The second kappa shape index (κ2) is 5.49. The standard InChI is InChI=1S/C14H16O4/c1-4-8-14(2,3)18-13(17)11-7-5-6-10(9-11)12(15)16/h4-7,9H,1,8H2,2-3H3,(H,15,16). The van der Waals surface area contributed by atoms with Crippen LogP contribution in [0.15, 0.2) is 36.9 Å². The van der Waals surface area contributed by atoms with Crippen LogP contribution in [0.25, 0.3) is 0 Å². The van der Waals surface area contributed by atoms with E-state index in [0.717, 1.165) is 0 Å². The molecule has 1 aromatic carbocycles. The Morgan fingerprint density at radius 1 is 1.39 bits per heavy atom. The Hall–Kier alpha value is -2.10. The smallest absolute Gasteiger partial charge is 0.338 e. The van der Waals surface area contributed by atoms with Gasteiger partial charge in [0.2, 0.25) is 0 Å². The number of ether oxygens (including phenoxy) is 1. The van der Waals surface area contributed by atoms with Crippen molar-refractivity contribution in [3.05, 3.63) is 48.0 Å². The van der Waals surface area contributed by atoms with Crippen LogP contribution >= 0.6 is 0 Å². The van der Waals surface area contributed by atoms with E-state index in [9.17, 15) is 9.59 Å². The molecule has 0 unspecified atom stereocenters. The first-order chi connectivity index (χ1) is 8.35. The largest absolute Gasteiger partial charge is 0.478 e. The molecule has 0 bridgehead atoms. The molecule has 1 rings (SSSR count). The maximum atomic E-state index is 11.9. The summed E-state index contributed by atoms with van der Waals surface area (Å²) in [5.74, 6) is -1.61. The molecule has 0 aromatic heterocycles.